The summed E-state index contributed by atoms with van der Waals surface area (Å²) < 4.78 is 0. The average molecular weight is 184 g/mol. The topological polar surface area (TPSA) is 90.9 Å². The van der Waals surface area contributed by atoms with Gasteiger partial charge in [-0.3, -0.25) is 15.0 Å². The monoisotopic (exact) mass is 184 g/mol. The summed E-state index contributed by atoms with van der Waals surface area (Å²) >= 11 is 0. The number of urea groups is 2. The predicted molar refractivity (Wildman–Crippen MR) is 43.2 cm³/mol. The van der Waals surface area contributed by atoms with Crippen LogP contribution >= 0.6 is 0 Å². The Balaban J connectivity index is 2.69. The van der Waals surface area contributed by atoms with Crippen molar-refractivity contribution in [2.24, 2.45) is 4.99 Å². The maximum atomic E-state index is 11.0. The molecule has 0 bridgehead atoms. The van der Waals surface area contributed by atoms with Crippen LogP contribution in [-0.2, 0) is 4.79 Å². The minimum atomic E-state index is -0.995. The average Bonchev–Trinajstić information content (AvgIpc) is 2.32. The summed E-state index contributed by atoms with van der Waals surface area (Å²) in [5.41, 5.74) is 0. The van der Waals surface area contributed by atoms with Crippen molar-refractivity contribution >= 4 is 24.7 Å². The number of hydrogen-bond donors (Lipinski definition) is 2. The van der Waals surface area contributed by atoms with Gasteiger partial charge < -0.3 is 5.32 Å². The van der Waals surface area contributed by atoms with E-state index in [1.165, 1.54) is 7.05 Å². The van der Waals surface area contributed by atoms with Crippen LogP contribution in [0.15, 0.2) is 4.99 Å². The van der Waals surface area contributed by atoms with E-state index in [1.807, 2.05) is 5.32 Å². The van der Waals surface area contributed by atoms with E-state index in [0.717, 1.165) is 4.90 Å². The lowest BCUT2D eigenvalue weighted by Crippen LogP contribution is -2.46. The second-order valence-electron chi connectivity index (χ2n) is 2.42. The smallest absolute Gasteiger partial charge is 0.308 e. The molecule has 0 aromatic rings. The van der Waals surface area contributed by atoms with E-state index in [2.05, 4.69) is 17.0 Å². The molecule has 1 atom stereocenters. The highest BCUT2D eigenvalue weighted by molar-refractivity contribution is 6.05. The fraction of sp³-hybridized carbons (Fsp3) is 0.333. The van der Waals surface area contributed by atoms with Gasteiger partial charge in [0, 0.05) is 7.05 Å². The lowest BCUT2D eigenvalue weighted by Gasteiger charge is -2.15. The molecule has 0 radical (unpaired) electrons. The van der Waals surface area contributed by atoms with Crippen molar-refractivity contribution in [3.8, 4) is 0 Å². The Morgan fingerprint density at radius 2 is 2.31 bits per heavy atom. The number of amides is 5. The first-order chi connectivity index (χ1) is 6.06. The van der Waals surface area contributed by atoms with Crippen molar-refractivity contribution in [1.29, 1.82) is 0 Å². The van der Waals surface area contributed by atoms with Crippen LogP contribution in [0.4, 0.5) is 9.59 Å². The number of aliphatic imine (C=N–C) groups is 1. The third-order valence-electron chi connectivity index (χ3n) is 1.59. The number of carbonyl (C=O) groups is 3. The highest BCUT2D eigenvalue weighted by Gasteiger charge is 2.36. The van der Waals surface area contributed by atoms with Gasteiger partial charge in [-0.15, -0.1) is 0 Å². The van der Waals surface area contributed by atoms with E-state index in [4.69, 9.17) is 0 Å². The van der Waals surface area contributed by atoms with Gasteiger partial charge in [0.2, 0.25) is 0 Å². The Morgan fingerprint density at radius 1 is 1.69 bits per heavy atom. The van der Waals surface area contributed by atoms with E-state index >= 15 is 0 Å². The zero-order chi connectivity index (χ0) is 10.0. The number of nitrogens with one attached hydrogen (secondary N) is 2. The molecule has 0 aromatic carbocycles. The summed E-state index contributed by atoms with van der Waals surface area (Å²) in [6.07, 6.45) is -0.995. The van der Waals surface area contributed by atoms with Crippen LogP contribution in [0.1, 0.15) is 0 Å². The second-order valence-corrected chi connectivity index (χ2v) is 2.42. The van der Waals surface area contributed by atoms with Gasteiger partial charge in [0.1, 0.15) is 0 Å². The first kappa shape index (κ1) is 9.17. The van der Waals surface area contributed by atoms with Gasteiger partial charge in [0.05, 0.1) is 0 Å². The van der Waals surface area contributed by atoms with Crippen LogP contribution in [0.3, 0.4) is 0 Å². The van der Waals surface area contributed by atoms with Gasteiger partial charge in [0.15, 0.2) is 6.17 Å². The SMILES string of the molecule is C=NC(=O)NC1C(=O)NC(=O)N1C. The number of imide groups is 1. The molecular weight excluding hydrogens is 176 g/mol. The third-order valence-corrected chi connectivity index (χ3v) is 1.59. The van der Waals surface area contributed by atoms with Gasteiger partial charge >= 0.3 is 12.1 Å². The molecule has 70 valence electrons. The fourth-order valence-corrected chi connectivity index (χ4v) is 0.880. The Labute approximate surface area is 73.8 Å². The minimum absolute atomic E-state index is 0.556. The summed E-state index contributed by atoms with van der Waals surface area (Å²) in [6, 6.07) is -1.30. The molecule has 1 aliphatic rings. The summed E-state index contributed by atoms with van der Waals surface area (Å²) in [4.78, 5) is 36.7. The molecule has 1 aliphatic heterocycles. The maximum absolute atomic E-state index is 11.0. The minimum Gasteiger partial charge on any atom is -0.308 e. The summed E-state index contributed by atoms with van der Waals surface area (Å²) in [6.45, 7) is 2.97. The second kappa shape index (κ2) is 3.21. The zero-order valence-corrected chi connectivity index (χ0v) is 6.90. The van der Waals surface area contributed by atoms with Crippen molar-refractivity contribution < 1.29 is 14.4 Å². The number of nitrogens with zero attached hydrogens (tertiary/aromatic N) is 2. The Hall–Kier alpha value is -1.92. The molecular formula is C6H8N4O3. The first-order valence-electron chi connectivity index (χ1n) is 3.41. The van der Waals surface area contributed by atoms with Crippen LogP contribution in [0.2, 0.25) is 0 Å². The highest BCUT2D eigenvalue weighted by Crippen LogP contribution is 2.01. The fourth-order valence-electron chi connectivity index (χ4n) is 0.880. The van der Waals surface area contributed by atoms with E-state index in [-0.39, 0.29) is 0 Å². The van der Waals surface area contributed by atoms with Gasteiger partial charge in [-0.25, -0.2) is 14.6 Å². The van der Waals surface area contributed by atoms with Crippen molar-refractivity contribution in [2.45, 2.75) is 6.17 Å². The van der Waals surface area contributed by atoms with Crippen LogP contribution in [0, 0.1) is 0 Å². The molecule has 7 nitrogen and oxygen atoms in total. The highest BCUT2D eigenvalue weighted by atomic mass is 16.2. The Morgan fingerprint density at radius 3 is 2.69 bits per heavy atom. The van der Waals surface area contributed by atoms with Crippen molar-refractivity contribution in [3.05, 3.63) is 0 Å². The van der Waals surface area contributed by atoms with Gasteiger partial charge in [-0.2, -0.15) is 0 Å². The van der Waals surface area contributed by atoms with Crippen LogP contribution in [0.25, 0.3) is 0 Å². The number of carbonyl (C=O) groups excluding carboxylic acids is 3. The Bertz CT molecular complexity index is 288. The van der Waals surface area contributed by atoms with Crippen LogP contribution in [0.5, 0.6) is 0 Å². The Kier molecular flexibility index (Phi) is 2.27. The molecule has 7 heteroatoms. The zero-order valence-electron chi connectivity index (χ0n) is 6.90. The molecule has 1 rings (SSSR count). The van der Waals surface area contributed by atoms with Gasteiger partial charge in [-0.05, 0) is 6.72 Å². The van der Waals surface area contributed by atoms with E-state index < -0.39 is 24.1 Å². The molecule has 0 saturated carbocycles. The number of likely N-dealkylation sites (N-methyl/N-ethyl adjacent to an activating group) is 1. The van der Waals surface area contributed by atoms with E-state index in [0.29, 0.717) is 0 Å². The standard InChI is InChI=1S/C6H8N4O3/c1-7-5(12)8-3-4(11)9-6(13)10(3)2/h3H,1H2,2H3,(H,8,12)(H,9,11,13). The van der Waals surface area contributed by atoms with Crippen LogP contribution < -0.4 is 10.6 Å². The maximum Gasteiger partial charge on any atom is 0.342 e. The van der Waals surface area contributed by atoms with Crippen molar-refractivity contribution in [2.75, 3.05) is 7.05 Å². The molecule has 13 heavy (non-hydrogen) atoms. The molecule has 1 unspecified atom stereocenters. The predicted octanol–water partition coefficient (Wildman–Crippen LogP) is -1.10. The summed E-state index contributed by atoms with van der Waals surface area (Å²) in [5, 5.41) is 4.20. The first-order valence-corrected chi connectivity index (χ1v) is 3.41. The lowest BCUT2D eigenvalue weighted by atomic mass is 10.4. The number of hydrogen-bond acceptors (Lipinski definition) is 3. The van der Waals surface area contributed by atoms with Crippen molar-refractivity contribution in [1.82, 2.24) is 15.5 Å². The van der Waals surface area contributed by atoms with Crippen molar-refractivity contribution in [3.63, 3.8) is 0 Å². The summed E-state index contributed by atoms with van der Waals surface area (Å²) in [5.74, 6) is -0.579. The van der Waals surface area contributed by atoms with E-state index in [1.54, 1.807) is 0 Å². The van der Waals surface area contributed by atoms with Crippen LogP contribution in [-0.4, -0.2) is 42.8 Å². The van der Waals surface area contributed by atoms with E-state index in [9.17, 15) is 14.4 Å². The van der Waals surface area contributed by atoms with Gasteiger partial charge in [0.25, 0.3) is 5.91 Å². The molecule has 2 N–H and O–H groups in total. The van der Waals surface area contributed by atoms with Gasteiger partial charge in [-0.1, -0.05) is 0 Å². The molecule has 0 aromatic heterocycles. The molecule has 5 amide bonds. The molecule has 1 heterocycles. The molecule has 1 fully saturated rings. The largest absolute Gasteiger partial charge is 0.342 e. The quantitative estimate of drug-likeness (QED) is 0.400. The molecule has 0 aliphatic carbocycles. The number of rotatable bonds is 1. The lowest BCUT2D eigenvalue weighted by molar-refractivity contribution is -0.121. The molecule has 0 spiro atoms. The third kappa shape index (κ3) is 1.63. The summed E-state index contributed by atoms with van der Waals surface area (Å²) in [7, 11) is 1.38. The molecule has 1 saturated heterocycles. The normalized spacial score (nSPS) is 21.3.